The van der Waals surface area contributed by atoms with Crippen molar-refractivity contribution in [1.29, 1.82) is 0 Å². The fourth-order valence-corrected chi connectivity index (χ4v) is 2.57. The average Bonchev–Trinajstić information content (AvgIpc) is 2.55. The maximum atomic E-state index is 12.1. The monoisotopic (exact) mass is 305 g/mol. The Bertz CT molecular complexity index is 854. The van der Waals surface area contributed by atoms with Gasteiger partial charge < -0.3 is 9.88 Å². The van der Waals surface area contributed by atoms with Gasteiger partial charge in [0.1, 0.15) is 5.82 Å². The lowest BCUT2D eigenvalue weighted by molar-refractivity contribution is 0.403. The molecule has 3 aromatic rings. The highest BCUT2D eigenvalue weighted by Gasteiger charge is 2.10. The van der Waals surface area contributed by atoms with E-state index in [4.69, 9.17) is 0 Å². The van der Waals surface area contributed by atoms with Crippen LogP contribution in [0.25, 0.3) is 22.6 Å². The molecule has 3 rings (SSSR count). The molecule has 0 fully saturated rings. The highest BCUT2D eigenvalue weighted by molar-refractivity contribution is 5.65. The summed E-state index contributed by atoms with van der Waals surface area (Å²) in [4.78, 5) is 21.7. The lowest BCUT2D eigenvalue weighted by Gasteiger charge is -2.14. The molecule has 0 aliphatic rings. The first-order chi connectivity index (χ1) is 11.1. The van der Waals surface area contributed by atoms with Gasteiger partial charge in [-0.2, -0.15) is 0 Å². The standard InChI is InChI=1S/C19H19N3O/c1-22(2)13-15-10-6-7-11-16(15)19-20-17(12-18(23)21-19)14-8-4-3-5-9-14/h3-12H,13H2,1-2H3,(H,20,21,23). The van der Waals surface area contributed by atoms with Crippen LogP contribution in [0, 0.1) is 0 Å². The first kappa shape index (κ1) is 15.2. The Balaban J connectivity index is 2.11. The molecular formula is C19H19N3O. The van der Waals surface area contributed by atoms with E-state index >= 15 is 0 Å². The number of nitrogens with zero attached hydrogens (tertiary/aromatic N) is 2. The predicted molar refractivity (Wildman–Crippen MR) is 93.1 cm³/mol. The number of H-pyrrole nitrogens is 1. The number of hydrogen-bond acceptors (Lipinski definition) is 3. The van der Waals surface area contributed by atoms with Gasteiger partial charge in [0.25, 0.3) is 5.56 Å². The molecule has 2 aromatic carbocycles. The van der Waals surface area contributed by atoms with Crippen LogP contribution in [0.2, 0.25) is 0 Å². The Morgan fingerprint density at radius 3 is 2.43 bits per heavy atom. The van der Waals surface area contributed by atoms with Gasteiger partial charge in [-0.1, -0.05) is 54.6 Å². The summed E-state index contributed by atoms with van der Waals surface area (Å²) in [5.41, 5.74) is 3.56. The van der Waals surface area contributed by atoms with E-state index in [0.29, 0.717) is 11.5 Å². The summed E-state index contributed by atoms with van der Waals surface area (Å²) in [5, 5.41) is 0. The molecule has 0 spiro atoms. The molecular weight excluding hydrogens is 286 g/mol. The summed E-state index contributed by atoms with van der Waals surface area (Å²) in [6.07, 6.45) is 0. The number of rotatable bonds is 4. The second kappa shape index (κ2) is 6.58. The van der Waals surface area contributed by atoms with Crippen molar-refractivity contribution in [1.82, 2.24) is 14.9 Å². The minimum absolute atomic E-state index is 0.145. The summed E-state index contributed by atoms with van der Waals surface area (Å²) in [7, 11) is 4.04. The third kappa shape index (κ3) is 3.55. The van der Waals surface area contributed by atoms with Gasteiger partial charge in [0.05, 0.1) is 5.69 Å². The van der Waals surface area contributed by atoms with E-state index in [1.165, 1.54) is 6.07 Å². The van der Waals surface area contributed by atoms with Crippen molar-refractivity contribution in [3.05, 3.63) is 76.6 Å². The van der Waals surface area contributed by atoms with Crippen LogP contribution < -0.4 is 5.56 Å². The lowest BCUT2D eigenvalue weighted by Crippen LogP contribution is -2.13. The van der Waals surface area contributed by atoms with E-state index in [9.17, 15) is 4.79 Å². The topological polar surface area (TPSA) is 49.0 Å². The molecule has 1 aromatic heterocycles. The van der Waals surface area contributed by atoms with Crippen molar-refractivity contribution >= 4 is 0 Å². The quantitative estimate of drug-likeness (QED) is 0.805. The van der Waals surface area contributed by atoms with Crippen molar-refractivity contribution < 1.29 is 0 Å². The van der Waals surface area contributed by atoms with Crippen LogP contribution in [0.5, 0.6) is 0 Å². The minimum atomic E-state index is -0.145. The third-order valence-corrected chi connectivity index (χ3v) is 3.57. The van der Waals surface area contributed by atoms with Crippen LogP contribution >= 0.6 is 0 Å². The Morgan fingerprint density at radius 1 is 1.00 bits per heavy atom. The maximum absolute atomic E-state index is 12.1. The Kier molecular flexibility index (Phi) is 4.35. The molecule has 23 heavy (non-hydrogen) atoms. The van der Waals surface area contributed by atoms with Crippen LogP contribution in [-0.4, -0.2) is 29.0 Å². The molecule has 0 saturated heterocycles. The van der Waals surface area contributed by atoms with Crippen molar-refractivity contribution in [3.63, 3.8) is 0 Å². The number of benzene rings is 2. The normalized spacial score (nSPS) is 10.9. The van der Waals surface area contributed by atoms with Gasteiger partial charge >= 0.3 is 0 Å². The zero-order chi connectivity index (χ0) is 16.2. The molecule has 116 valence electrons. The molecule has 0 unspecified atom stereocenters. The highest BCUT2D eigenvalue weighted by Crippen LogP contribution is 2.23. The molecule has 0 aliphatic carbocycles. The Morgan fingerprint density at radius 2 is 1.70 bits per heavy atom. The van der Waals surface area contributed by atoms with Crippen molar-refractivity contribution in [2.45, 2.75) is 6.54 Å². The SMILES string of the molecule is CN(C)Cc1ccccc1-c1nc(-c2ccccc2)cc(=O)[nH]1. The van der Waals surface area contributed by atoms with Gasteiger partial charge in [-0.05, 0) is 19.7 Å². The number of nitrogens with one attached hydrogen (secondary N) is 1. The molecule has 1 N–H and O–H groups in total. The van der Waals surface area contributed by atoms with Gasteiger partial charge in [-0.25, -0.2) is 4.98 Å². The summed E-state index contributed by atoms with van der Waals surface area (Å²) >= 11 is 0. The van der Waals surface area contributed by atoms with Crippen molar-refractivity contribution in [3.8, 4) is 22.6 Å². The number of aromatic nitrogens is 2. The molecule has 0 aliphatic heterocycles. The van der Waals surface area contributed by atoms with E-state index in [-0.39, 0.29) is 5.56 Å². The van der Waals surface area contributed by atoms with Gasteiger partial charge in [-0.3, -0.25) is 4.79 Å². The third-order valence-electron chi connectivity index (χ3n) is 3.57. The van der Waals surface area contributed by atoms with E-state index in [1.54, 1.807) is 0 Å². The zero-order valence-corrected chi connectivity index (χ0v) is 13.3. The van der Waals surface area contributed by atoms with Crippen LogP contribution in [0.1, 0.15) is 5.56 Å². The molecule has 0 atom stereocenters. The zero-order valence-electron chi connectivity index (χ0n) is 13.3. The van der Waals surface area contributed by atoms with E-state index in [0.717, 1.165) is 23.2 Å². The van der Waals surface area contributed by atoms with Crippen LogP contribution in [0.3, 0.4) is 0 Å². The highest BCUT2D eigenvalue weighted by atomic mass is 16.1. The molecule has 4 nitrogen and oxygen atoms in total. The summed E-state index contributed by atoms with van der Waals surface area (Å²) in [6.45, 7) is 0.787. The second-order valence-electron chi connectivity index (χ2n) is 5.74. The fraction of sp³-hybridized carbons (Fsp3) is 0.158. The van der Waals surface area contributed by atoms with E-state index in [1.807, 2.05) is 62.6 Å². The van der Waals surface area contributed by atoms with Crippen LogP contribution in [0.15, 0.2) is 65.5 Å². The Hall–Kier alpha value is -2.72. The van der Waals surface area contributed by atoms with E-state index < -0.39 is 0 Å². The number of hydrogen-bond donors (Lipinski definition) is 1. The second-order valence-corrected chi connectivity index (χ2v) is 5.74. The minimum Gasteiger partial charge on any atom is -0.306 e. The number of aromatic amines is 1. The molecule has 0 amide bonds. The molecule has 0 saturated carbocycles. The van der Waals surface area contributed by atoms with Crippen molar-refractivity contribution in [2.24, 2.45) is 0 Å². The smallest absolute Gasteiger partial charge is 0.251 e. The van der Waals surface area contributed by atoms with Crippen molar-refractivity contribution in [2.75, 3.05) is 14.1 Å². The molecule has 0 radical (unpaired) electrons. The fourth-order valence-electron chi connectivity index (χ4n) is 2.57. The molecule has 4 heteroatoms. The summed E-state index contributed by atoms with van der Waals surface area (Å²) in [5.74, 6) is 0.605. The molecule has 0 bridgehead atoms. The average molecular weight is 305 g/mol. The summed E-state index contributed by atoms with van der Waals surface area (Å²) < 4.78 is 0. The van der Waals surface area contributed by atoms with E-state index in [2.05, 4.69) is 20.9 Å². The lowest BCUT2D eigenvalue weighted by atomic mass is 10.1. The molecule has 1 heterocycles. The first-order valence-corrected chi connectivity index (χ1v) is 7.53. The van der Waals surface area contributed by atoms with Gasteiger partial charge in [0, 0.05) is 23.7 Å². The largest absolute Gasteiger partial charge is 0.306 e. The summed E-state index contributed by atoms with van der Waals surface area (Å²) in [6, 6.07) is 19.3. The first-order valence-electron chi connectivity index (χ1n) is 7.53. The van der Waals surface area contributed by atoms with Gasteiger partial charge in [0.15, 0.2) is 0 Å². The van der Waals surface area contributed by atoms with Crippen LogP contribution in [-0.2, 0) is 6.54 Å². The maximum Gasteiger partial charge on any atom is 0.251 e. The van der Waals surface area contributed by atoms with Gasteiger partial charge in [0.2, 0.25) is 0 Å². The van der Waals surface area contributed by atoms with Gasteiger partial charge in [-0.15, -0.1) is 0 Å². The predicted octanol–water partition coefficient (Wildman–Crippen LogP) is 3.17. The Labute approximate surface area is 135 Å². The van der Waals surface area contributed by atoms with Crippen LogP contribution in [0.4, 0.5) is 0 Å².